The molecule has 4 aromatic heterocycles. The standard InChI is InChI=1S/C23H23F3N8OS/c1-32-9-15(23(24,25)26)29-20(32)22-30-16(10-36-22)34-7-6-14-13(8-34)19(31-33(14)2)17-18(12-4-5-12)27-11-28-21(17)35-3/h9-12H,4-8H2,1-3H3. The van der Waals surface area contributed by atoms with E-state index in [1.807, 2.05) is 17.1 Å². The van der Waals surface area contributed by atoms with Crippen LogP contribution in [-0.4, -0.2) is 47.9 Å². The number of anilines is 1. The molecule has 0 saturated heterocycles. The van der Waals surface area contributed by atoms with Gasteiger partial charge in [-0.1, -0.05) is 0 Å². The van der Waals surface area contributed by atoms with E-state index in [-0.39, 0.29) is 5.82 Å². The number of fused-ring (bicyclic) bond motifs is 1. The van der Waals surface area contributed by atoms with E-state index < -0.39 is 11.9 Å². The summed E-state index contributed by atoms with van der Waals surface area (Å²) in [6, 6.07) is 0. The van der Waals surface area contributed by atoms with E-state index in [0.717, 1.165) is 53.7 Å². The molecule has 0 amide bonds. The number of halogens is 3. The summed E-state index contributed by atoms with van der Waals surface area (Å²) >= 11 is 1.28. The third-order valence-corrected chi connectivity index (χ3v) is 7.48. The van der Waals surface area contributed by atoms with Gasteiger partial charge in [0.05, 0.1) is 18.4 Å². The molecular formula is C23H23F3N8OS. The van der Waals surface area contributed by atoms with E-state index >= 15 is 0 Å². The van der Waals surface area contributed by atoms with E-state index in [2.05, 4.69) is 24.8 Å². The lowest BCUT2D eigenvalue weighted by molar-refractivity contribution is -0.140. The van der Waals surface area contributed by atoms with Crippen molar-refractivity contribution in [3.8, 4) is 28.0 Å². The molecule has 0 atom stereocenters. The molecule has 0 aromatic carbocycles. The molecule has 1 aliphatic heterocycles. The average molecular weight is 517 g/mol. The zero-order valence-electron chi connectivity index (χ0n) is 19.9. The predicted octanol–water partition coefficient (Wildman–Crippen LogP) is 4.20. The lowest BCUT2D eigenvalue weighted by Gasteiger charge is -2.27. The van der Waals surface area contributed by atoms with Crippen molar-refractivity contribution in [2.24, 2.45) is 14.1 Å². The summed E-state index contributed by atoms with van der Waals surface area (Å²) in [6.45, 7) is 1.26. The number of aryl methyl sites for hydroxylation is 2. The molecule has 36 heavy (non-hydrogen) atoms. The minimum absolute atomic E-state index is 0.193. The van der Waals surface area contributed by atoms with Gasteiger partial charge in [0.25, 0.3) is 0 Å². The van der Waals surface area contributed by atoms with Gasteiger partial charge in [-0.25, -0.2) is 19.9 Å². The van der Waals surface area contributed by atoms with Crippen LogP contribution in [0.5, 0.6) is 5.88 Å². The lowest BCUT2D eigenvalue weighted by atomic mass is 9.99. The molecular weight excluding hydrogens is 493 g/mol. The van der Waals surface area contributed by atoms with Gasteiger partial charge in [0.2, 0.25) is 5.88 Å². The van der Waals surface area contributed by atoms with Crippen LogP contribution in [0.2, 0.25) is 0 Å². The Morgan fingerprint density at radius 2 is 1.94 bits per heavy atom. The first-order valence-electron chi connectivity index (χ1n) is 11.5. The third-order valence-electron chi connectivity index (χ3n) is 6.65. The van der Waals surface area contributed by atoms with E-state index in [1.165, 1.54) is 22.2 Å². The Kier molecular flexibility index (Phi) is 5.28. The van der Waals surface area contributed by atoms with Crippen LogP contribution in [0.1, 0.15) is 41.4 Å². The van der Waals surface area contributed by atoms with Gasteiger partial charge in [-0.3, -0.25) is 4.68 Å². The first-order valence-corrected chi connectivity index (χ1v) is 12.4. The summed E-state index contributed by atoms with van der Waals surface area (Å²) in [4.78, 5) is 19.5. The Morgan fingerprint density at radius 3 is 2.64 bits per heavy atom. The fraction of sp³-hybridized carbons (Fsp3) is 0.435. The van der Waals surface area contributed by atoms with Crippen molar-refractivity contribution in [2.45, 2.75) is 37.9 Å². The first-order chi connectivity index (χ1) is 17.2. The second-order valence-electron chi connectivity index (χ2n) is 9.06. The maximum atomic E-state index is 13.1. The number of thiazole rings is 1. The Hall–Kier alpha value is -3.48. The molecule has 0 unspecified atom stereocenters. The fourth-order valence-corrected chi connectivity index (χ4v) is 5.59. The minimum atomic E-state index is -4.50. The molecule has 0 N–H and O–H groups in total. The minimum Gasteiger partial charge on any atom is -0.480 e. The molecule has 4 aromatic rings. The van der Waals surface area contributed by atoms with E-state index in [1.54, 1.807) is 14.2 Å². The zero-order valence-corrected chi connectivity index (χ0v) is 20.7. The SMILES string of the molecule is COc1ncnc(C2CC2)c1-c1nn(C)c2c1CN(c1csc(-c3nc(C(F)(F)F)cn3C)n1)CC2. The first kappa shape index (κ1) is 23.0. The molecule has 1 aliphatic carbocycles. The average Bonchev–Trinajstić information content (AvgIpc) is 3.30. The Balaban J connectivity index is 1.35. The highest BCUT2D eigenvalue weighted by Crippen LogP contribution is 2.47. The van der Waals surface area contributed by atoms with E-state index in [0.29, 0.717) is 35.7 Å². The molecule has 1 saturated carbocycles. The lowest BCUT2D eigenvalue weighted by Crippen LogP contribution is -2.31. The van der Waals surface area contributed by atoms with Crippen molar-refractivity contribution in [2.75, 3.05) is 18.6 Å². The summed E-state index contributed by atoms with van der Waals surface area (Å²) in [5.41, 5.74) is 3.88. The topological polar surface area (TPSA) is 86.8 Å². The molecule has 6 rings (SSSR count). The molecule has 2 aliphatic rings. The van der Waals surface area contributed by atoms with Gasteiger partial charge in [0.15, 0.2) is 16.5 Å². The normalized spacial score (nSPS) is 15.9. The predicted molar refractivity (Wildman–Crippen MR) is 127 cm³/mol. The van der Waals surface area contributed by atoms with Gasteiger partial charge in [0.1, 0.15) is 17.8 Å². The summed E-state index contributed by atoms with van der Waals surface area (Å²) in [5.74, 6) is 1.79. The van der Waals surface area contributed by atoms with Crippen LogP contribution in [-0.2, 0) is 33.2 Å². The largest absolute Gasteiger partial charge is 0.480 e. The van der Waals surface area contributed by atoms with Gasteiger partial charge >= 0.3 is 6.18 Å². The van der Waals surface area contributed by atoms with Gasteiger partial charge in [-0.2, -0.15) is 18.3 Å². The smallest absolute Gasteiger partial charge is 0.434 e. The Bertz CT molecular complexity index is 1450. The number of hydrogen-bond acceptors (Lipinski definition) is 8. The van der Waals surface area contributed by atoms with Crippen molar-refractivity contribution in [1.29, 1.82) is 0 Å². The molecule has 188 valence electrons. The van der Waals surface area contributed by atoms with Crippen LogP contribution < -0.4 is 9.64 Å². The van der Waals surface area contributed by atoms with Crippen molar-refractivity contribution in [1.82, 2.24) is 34.3 Å². The van der Waals surface area contributed by atoms with Crippen LogP contribution in [0.15, 0.2) is 17.9 Å². The Morgan fingerprint density at radius 1 is 1.14 bits per heavy atom. The van der Waals surface area contributed by atoms with Crippen LogP contribution in [0.3, 0.4) is 0 Å². The van der Waals surface area contributed by atoms with Crippen molar-refractivity contribution >= 4 is 17.2 Å². The van der Waals surface area contributed by atoms with Crippen molar-refractivity contribution < 1.29 is 17.9 Å². The number of nitrogens with zero attached hydrogens (tertiary/aromatic N) is 8. The van der Waals surface area contributed by atoms with E-state index in [9.17, 15) is 13.2 Å². The summed E-state index contributed by atoms with van der Waals surface area (Å²) in [7, 11) is 5.08. The van der Waals surface area contributed by atoms with Gasteiger partial charge in [-0.15, -0.1) is 11.3 Å². The molecule has 13 heteroatoms. The number of alkyl halides is 3. The molecule has 0 bridgehead atoms. The second-order valence-corrected chi connectivity index (χ2v) is 9.91. The molecule has 9 nitrogen and oxygen atoms in total. The van der Waals surface area contributed by atoms with Gasteiger partial charge in [-0.05, 0) is 12.8 Å². The number of rotatable bonds is 5. The van der Waals surface area contributed by atoms with Crippen LogP contribution in [0.4, 0.5) is 19.0 Å². The highest BCUT2D eigenvalue weighted by atomic mass is 32.1. The zero-order chi connectivity index (χ0) is 25.2. The third kappa shape index (κ3) is 3.81. The molecule has 0 radical (unpaired) electrons. The maximum Gasteiger partial charge on any atom is 0.434 e. The molecule has 1 fully saturated rings. The highest BCUT2D eigenvalue weighted by Gasteiger charge is 2.36. The van der Waals surface area contributed by atoms with Gasteiger partial charge < -0.3 is 14.2 Å². The summed E-state index contributed by atoms with van der Waals surface area (Å²) in [6.07, 6.45) is 0.936. The molecule has 0 spiro atoms. The van der Waals surface area contributed by atoms with Crippen LogP contribution in [0, 0.1) is 0 Å². The van der Waals surface area contributed by atoms with Crippen molar-refractivity contribution in [3.63, 3.8) is 0 Å². The quantitative estimate of drug-likeness (QED) is 0.393. The van der Waals surface area contributed by atoms with Crippen molar-refractivity contribution in [3.05, 3.63) is 40.5 Å². The Labute approximate surface area is 208 Å². The molecule has 5 heterocycles. The maximum absolute atomic E-state index is 13.1. The number of methoxy groups -OCH3 is 1. The fourth-order valence-electron chi connectivity index (χ4n) is 4.73. The number of aromatic nitrogens is 7. The monoisotopic (exact) mass is 516 g/mol. The van der Waals surface area contributed by atoms with Gasteiger partial charge in [0, 0.05) is 62.4 Å². The number of hydrogen-bond donors (Lipinski definition) is 0. The van der Waals surface area contributed by atoms with Crippen LogP contribution in [0.25, 0.3) is 22.1 Å². The number of imidazole rings is 1. The van der Waals surface area contributed by atoms with Crippen LogP contribution >= 0.6 is 11.3 Å². The summed E-state index contributed by atoms with van der Waals surface area (Å²) in [5, 5.41) is 7.15. The highest BCUT2D eigenvalue weighted by molar-refractivity contribution is 7.13. The number of ether oxygens (including phenoxy) is 1. The summed E-state index contributed by atoms with van der Waals surface area (Å²) < 4.78 is 48.2. The second kappa shape index (κ2) is 8.29. The van der Waals surface area contributed by atoms with E-state index in [4.69, 9.17) is 9.84 Å².